The van der Waals surface area contributed by atoms with Gasteiger partial charge < -0.3 is 47.4 Å². The summed E-state index contributed by atoms with van der Waals surface area (Å²) in [6.07, 6.45) is 0. The summed E-state index contributed by atoms with van der Waals surface area (Å²) in [6.45, 7) is 0. The fourth-order valence-electron chi connectivity index (χ4n) is 8.65. The van der Waals surface area contributed by atoms with Crippen LogP contribution in [-0.4, -0.2) is 52.3 Å². The molecule has 0 bridgehead atoms. The lowest BCUT2D eigenvalue weighted by Gasteiger charge is -2.38. The highest BCUT2D eigenvalue weighted by Crippen LogP contribution is 2.59. The molecule has 0 saturated heterocycles. The predicted octanol–water partition coefficient (Wildman–Crippen LogP) is 11.8. The number of hydrogen-bond donors (Lipinski definition) is 0. The van der Waals surface area contributed by atoms with Crippen molar-refractivity contribution in [2.45, 2.75) is 11.8 Å². The van der Waals surface area contributed by atoms with E-state index in [0.717, 1.165) is 0 Å². The van der Waals surface area contributed by atoms with Crippen molar-refractivity contribution in [1.82, 2.24) is 0 Å². The van der Waals surface area contributed by atoms with Crippen LogP contribution in [0, 0.1) is 0 Å². The number of esters is 4. The van der Waals surface area contributed by atoms with E-state index in [1.54, 1.807) is 146 Å². The Bertz CT molecular complexity index is 2990. The quantitative estimate of drug-likeness (QED) is 0.0793. The summed E-state index contributed by atoms with van der Waals surface area (Å²) in [5.74, 6) is 0.531. The zero-order chi connectivity index (χ0) is 49.9. The van der Waals surface area contributed by atoms with Crippen molar-refractivity contribution in [1.29, 1.82) is 0 Å². The molecule has 0 spiro atoms. The van der Waals surface area contributed by atoms with E-state index in [0.29, 0.717) is 68.2 Å². The minimum absolute atomic E-state index is 0.196. The molecule has 14 nitrogen and oxygen atoms in total. The van der Waals surface area contributed by atoms with E-state index in [4.69, 9.17) is 47.4 Å². The van der Waals surface area contributed by atoms with Gasteiger partial charge in [0.15, 0.2) is 0 Å². The summed E-state index contributed by atoms with van der Waals surface area (Å²) >= 11 is 0. The van der Waals surface area contributed by atoms with Gasteiger partial charge in [0.05, 0.1) is 50.7 Å². The summed E-state index contributed by atoms with van der Waals surface area (Å²) in [6, 6.07) is 47.0. The molecule has 14 heteroatoms. The molecule has 0 saturated carbocycles. The molecule has 0 atom stereocenters. The molecule has 0 N–H and O–H groups in total. The summed E-state index contributed by atoms with van der Waals surface area (Å²) in [5.41, 5.74) is 3.91. The van der Waals surface area contributed by atoms with Crippen LogP contribution in [-0.2, 0) is 0 Å². The van der Waals surface area contributed by atoms with Crippen LogP contribution in [0.3, 0.4) is 0 Å². The lowest BCUT2D eigenvalue weighted by Crippen LogP contribution is -2.22. The smallest absolute Gasteiger partial charge is 0.343 e. The average Bonchev–Trinajstić information content (AvgIpc) is 3.41. The number of benzene rings is 8. The van der Waals surface area contributed by atoms with E-state index in [2.05, 4.69) is 0 Å². The molecule has 2 heterocycles. The first-order valence-electron chi connectivity index (χ1n) is 22.4. The fraction of sp³-hybridized carbons (Fsp3) is 0.103. The number of methoxy groups -OCH3 is 4. The molecule has 2 aliphatic rings. The van der Waals surface area contributed by atoms with Crippen molar-refractivity contribution in [3.05, 3.63) is 214 Å². The number of rotatable bonds is 13. The zero-order valence-electron chi connectivity index (χ0n) is 39.0. The lowest BCUT2D eigenvalue weighted by atomic mass is 9.71. The fourth-order valence-corrected chi connectivity index (χ4v) is 8.65. The maximum absolute atomic E-state index is 13.5. The second-order valence-electron chi connectivity index (χ2n) is 16.4. The van der Waals surface area contributed by atoms with Gasteiger partial charge in [-0.1, -0.05) is 48.5 Å². The highest BCUT2D eigenvalue weighted by Gasteiger charge is 2.41. The van der Waals surface area contributed by atoms with Gasteiger partial charge in [-0.15, -0.1) is 0 Å². The molecule has 0 aromatic heterocycles. The van der Waals surface area contributed by atoms with Crippen LogP contribution in [0.15, 0.2) is 170 Å². The molecule has 0 unspecified atom stereocenters. The minimum atomic E-state index is -0.619. The van der Waals surface area contributed by atoms with Gasteiger partial charge in [0.25, 0.3) is 0 Å². The van der Waals surface area contributed by atoms with Gasteiger partial charge in [-0.25, -0.2) is 19.2 Å². The third-order valence-corrected chi connectivity index (χ3v) is 12.1. The molecule has 0 fully saturated rings. The Balaban J connectivity index is 1.07. The van der Waals surface area contributed by atoms with Crippen LogP contribution in [0.25, 0.3) is 0 Å². The van der Waals surface area contributed by atoms with Crippen LogP contribution in [0.4, 0.5) is 0 Å². The molecular formula is C58H42O14. The van der Waals surface area contributed by atoms with E-state index in [-0.39, 0.29) is 45.3 Å². The van der Waals surface area contributed by atoms with Gasteiger partial charge in [0.1, 0.15) is 69.0 Å². The second-order valence-corrected chi connectivity index (χ2v) is 16.4. The van der Waals surface area contributed by atoms with Gasteiger partial charge >= 0.3 is 23.9 Å². The Hall–Kier alpha value is -9.56. The topological polar surface area (TPSA) is 161 Å². The monoisotopic (exact) mass is 962 g/mol. The van der Waals surface area contributed by atoms with E-state index in [1.807, 2.05) is 24.3 Å². The molecule has 0 amide bonds. The number of ether oxygens (including phenoxy) is 10. The lowest BCUT2D eigenvalue weighted by molar-refractivity contribution is 0.0723. The first-order valence-corrected chi connectivity index (χ1v) is 22.4. The zero-order valence-corrected chi connectivity index (χ0v) is 39.0. The molecular weight excluding hydrogens is 921 g/mol. The second kappa shape index (κ2) is 19.8. The average molecular weight is 963 g/mol. The van der Waals surface area contributed by atoms with Crippen molar-refractivity contribution < 1.29 is 66.5 Å². The highest BCUT2D eigenvalue weighted by atomic mass is 16.6. The van der Waals surface area contributed by atoms with Crippen LogP contribution in [0.1, 0.15) is 75.5 Å². The van der Waals surface area contributed by atoms with E-state index < -0.39 is 35.7 Å². The molecule has 0 radical (unpaired) electrons. The summed E-state index contributed by atoms with van der Waals surface area (Å²) in [4.78, 5) is 53.9. The molecule has 358 valence electrons. The normalized spacial score (nSPS) is 12.2. The largest absolute Gasteiger partial charge is 0.497 e. The van der Waals surface area contributed by atoms with E-state index in [9.17, 15) is 19.2 Å². The molecule has 2 aliphatic heterocycles. The van der Waals surface area contributed by atoms with Gasteiger partial charge in [0.2, 0.25) is 0 Å². The first-order chi connectivity index (χ1) is 35.1. The third-order valence-electron chi connectivity index (χ3n) is 12.1. The van der Waals surface area contributed by atoms with Crippen LogP contribution < -0.4 is 47.4 Å². The number of fused-ring (bicyclic) bond motifs is 4. The number of carbonyl (C=O) groups is 4. The number of carbonyl (C=O) groups excluding carboxylic acids is 4. The van der Waals surface area contributed by atoms with Crippen LogP contribution >= 0.6 is 0 Å². The number of hydrogen-bond acceptors (Lipinski definition) is 14. The van der Waals surface area contributed by atoms with Gasteiger partial charge in [-0.3, -0.25) is 0 Å². The molecule has 10 rings (SSSR count). The maximum Gasteiger partial charge on any atom is 0.343 e. The Morgan fingerprint density at radius 2 is 0.542 bits per heavy atom. The standard InChI is InChI=1S/C58H42O14/c1-63-37-13-5-9-33(25-37)55(59)67-41-17-21-45-49(29-41)71-50-30-42(68-56(60)34-10-6-14-38(26-34)64-2)18-22-46(50)53(45)54-47-23-19-43(69-57(61)35-11-7-15-39(27-35)65-3)31-51(47)72-52-32-44(20-24-48(52)54)70-58(62)36-12-8-16-40(28-36)66-4/h5-32,53-54H,1-4H3. The van der Waals surface area contributed by atoms with Crippen molar-refractivity contribution >= 4 is 23.9 Å². The van der Waals surface area contributed by atoms with Gasteiger partial charge in [-0.2, -0.15) is 0 Å². The Kier molecular flexibility index (Phi) is 12.7. The Morgan fingerprint density at radius 3 is 0.764 bits per heavy atom. The van der Waals surface area contributed by atoms with Crippen molar-refractivity contribution in [2.24, 2.45) is 0 Å². The van der Waals surface area contributed by atoms with E-state index >= 15 is 0 Å². The SMILES string of the molecule is COc1cccc(C(=O)Oc2ccc3c(c2)Oc2cc(OC(=O)c4cccc(OC)c4)ccc2C3C2c3ccc(OC(=O)c4cccc(OC)c4)cc3Oc3cc(OC(=O)c4cccc(OC)c4)ccc32)c1. The molecule has 72 heavy (non-hydrogen) atoms. The van der Waals surface area contributed by atoms with E-state index in [1.165, 1.54) is 28.4 Å². The maximum atomic E-state index is 13.5. The van der Waals surface area contributed by atoms with Gasteiger partial charge in [-0.05, 0) is 97.1 Å². The van der Waals surface area contributed by atoms with Crippen LogP contribution in [0.5, 0.6) is 69.0 Å². The summed E-state index contributed by atoms with van der Waals surface area (Å²) in [7, 11) is 6.04. The van der Waals surface area contributed by atoms with Crippen molar-refractivity contribution in [2.75, 3.05) is 28.4 Å². The predicted molar refractivity (Wildman–Crippen MR) is 261 cm³/mol. The Morgan fingerprint density at radius 1 is 0.306 bits per heavy atom. The first kappa shape index (κ1) is 46.2. The summed E-state index contributed by atoms with van der Waals surface area (Å²) in [5, 5.41) is 0. The van der Waals surface area contributed by atoms with Gasteiger partial charge in [0, 0.05) is 58.4 Å². The van der Waals surface area contributed by atoms with Crippen molar-refractivity contribution in [3.63, 3.8) is 0 Å². The molecule has 0 aliphatic carbocycles. The van der Waals surface area contributed by atoms with Crippen LogP contribution in [0.2, 0.25) is 0 Å². The van der Waals surface area contributed by atoms with Crippen molar-refractivity contribution in [3.8, 4) is 69.0 Å². The summed E-state index contributed by atoms with van der Waals surface area (Å²) < 4.78 is 58.2. The molecule has 8 aromatic carbocycles. The molecule has 8 aromatic rings. The third kappa shape index (κ3) is 9.44. The highest BCUT2D eigenvalue weighted by molar-refractivity contribution is 5.93. The Labute approximate surface area is 412 Å². The minimum Gasteiger partial charge on any atom is -0.497 e.